The highest BCUT2D eigenvalue weighted by molar-refractivity contribution is 7.89. The van der Waals surface area contributed by atoms with E-state index in [1.807, 2.05) is 0 Å². The smallest absolute Gasteiger partial charge is 0.243 e. The molecule has 0 atom stereocenters. The van der Waals surface area contributed by atoms with Crippen molar-refractivity contribution < 1.29 is 12.8 Å². The number of nitrogens with zero attached hydrogens (tertiary/aromatic N) is 2. The van der Waals surface area contributed by atoms with Gasteiger partial charge in [-0.15, -0.1) is 0 Å². The van der Waals surface area contributed by atoms with Gasteiger partial charge >= 0.3 is 0 Å². The highest BCUT2D eigenvalue weighted by atomic mass is 35.5. The van der Waals surface area contributed by atoms with Crippen molar-refractivity contribution >= 4 is 61.8 Å². The van der Waals surface area contributed by atoms with Gasteiger partial charge in [0.1, 0.15) is 5.82 Å². The Balaban J connectivity index is 1.48. The van der Waals surface area contributed by atoms with Gasteiger partial charge in [0, 0.05) is 41.4 Å². The molecule has 1 aromatic heterocycles. The van der Waals surface area contributed by atoms with Crippen molar-refractivity contribution in [3.05, 3.63) is 59.0 Å². The fourth-order valence-corrected chi connectivity index (χ4v) is 5.43. The molecule has 168 valence electrons. The quantitative estimate of drug-likeness (QED) is 0.277. The summed E-state index contributed by atoms with van der Waals surface area (Å²) in [6.07, 6.45) is 6.10. The van der Waals surface area contributed by atoms with Crippen LogP contribution in [0.2, 0.25) is 5.02 Å². The molecule has 0 radical (unpaired) electrons. The Hall–Kier alpha value is -2.53. The maximum absolute atomic E-state index is 13.3. The molecule has 0 spiro atoms. The normalized spacial score (nSPS) is 15.3. The zero-order valence-corrected chi connectivity index (χ0v) is 19.3. The number of aromatic amines is 1. The van der Waals surface area contributed by atoms with Crippen LogP contribution in [0.25, 0.3) is 10.9 Å². The van der Waals surface area contributed by atoms with Crippen molar-refractivity contribution in [1.82, 2.24) is 14.7 Å². The number of aromatic nitrogens is 1. The first kappa shape index (κ1) is 22.7. The van der Waals surface area contributed by atoms with E-state index in [0.29, 0.717) is 24.3 Å². The number of hydrogen-bond acceptors (Lipinski definition) is 4. The summed E-state index contributed by atoms with van der Waals surface area (Å²) in [5, 5.41) is 7.88. The summed E-state index contributed by atoms with van der Waals surface area (Å²) in [5.41, 5.74) is 4.70. The van der Waals surface area contributed by atoms with Crippen molar-refractivity contribution in [2.24, 2.45) is 5.10 Å². The molecule has 3 aromatic rings. The molecule has 1 fully saturated rings. The second kappa shape index (κ2) is 9.53. The Morgan fingerprint density at radius 1 is 1.19 bits per heavy atom. The van der Waals surface area contributed by atoms with Crippen LogP contribution in [0, 0.1) is 5.82 Å². The van der Waals surface area contributed by atoms with E-state index >= 15 is 0 Å². The number of hydrazone groups is 1. The van der Waals surface area contributed by atoms with Crippen LogP contribution < -0.4 is 10.7 Å². The lowest BCUT2D eigenvalue weighted by Crippen LogP contribution is -2.35. The molecule has 7 nitrogen and oxygen atoms in total. The van der Waals surface area contributed by atoms with E-state index in [1.54, 1.807) is 34.9 Å². The molecule has 0 amide bonds. The van der Waals surface area contributed by atoms with Gasteiger partial charge in [-0.05, 0) is 61.5 Å². The van der Waals surface area contributed by atoms with E-state index in [4.69, 9.17) is 23.8 Å². The van der Waals surface area contributed by atoms with Crippen LogP contribution in [-0.2, 0) is 10.0 Å². The Morgan fingerprint density at radius 3 is 2.72 bits per heavy atom. The monoisotopic (exact) mass is 493 g/mol. The van der Waals surface area contributed by atoms with Crippen LogP contribution in [-0.4, -0.2) is 42.1 Å². The van der Waals surface area contributed by atoms with Crippen LogP contribution in [0.15, 0.2) is 52.6 Å². The third kappa shape index (κ3) is 4.93. The second-order valence-corrected chi connectivity index (χ2v) is 10.1. The fourth-order valence-electron chi connectivity index (χ4n) is 3.54. The summed E-state index contributed by atoms with van der Waals surface area (Å²) >= 11 is 10.9. The number of sulfonamides is 1. The van der Waals surface area contributed by atoms with Gasteiger partial charge in [-0.3, -0.25) is 5.43 Å². The summed E-state index contributed by atoms with van der Waals surface area (Å²) in [4.78, 5) is 3.37. The third-order valence-electron chi connectivity index (χ3n) is 5.19. The summed E-state index contributed by atoms with van der Waals surface area (Å²) in [6.45, 7) is 1.10. The molecule has 0 unspecified atom stereocenters. The van der Waals surface area contributed by atoms with Crippen molar-refractivity contribution in [3.63, 3.8) is 0 Å². The lowest BCUT2D eigenvalue weighted by Gasteiger charge is -2.25. The number of rotatable bonds is 5. The Bertz CT molecular complexity index is 1290. The van der Waals surface area contributed by atoms with Gasteiger partial charge in [0.05, 0.1) is 16.1 Å². The molecule has 4 rings (SSSR count). The number of hydrogen-bond donors (Lipinski definition) is 3. The van der Waals surface area contributed by atoms with Gasteiger partial charge < -0.3 is 10.3 Å². The zero-order valence-electron chi connectivity index (χ0n) is 16.9. The van der Waals surface area contributed by atoms with Crippen LogP contribution in [0.4, 0.5) is 10.1 Å². The number of thiocarbonyl (C=S) groups is 1. The van der Waals surface area contributed by atoms with E-state index < -0.39 is 15.8 Å². The molecule has 3 N–H and O–H groups in total. The lowest BCUT2D eigenvalue weighted by molar-refractivity contribution is 0.346. The summed E-state index contributed by atoms with van der Waals surface area (Å²) < 4.78 is 40.8. The summed E-state index contributed by atoms with van der Waals surface area (Å²) in [5.74, 6) is -0.518. The number of anilines is 1. The van der Waals surface area contributed by atoms with Gasteiger partial charge in [-0.1, -0.05) is 18.0 Å². The minimum Gasteiger partial charge on any atom is -0.361 e. The molecular formula is C21H21ClFN5O2S2. The van der Waals surface area contributed by atoms with Crippen LogP contribution in [0.3, 0.4) is 0 Å². The standard InChI is InChI=1S/C21H21ClFN5O2S2/c22-18-10-15(4-6-19(18)23)26-21(31)27-25-13-14-12-24-20-7-5-16(11-17(14)20)32(29,30)28-8-2-1-3-9-28/h4-7,10-13,24H,1-3,8-9H2,(H2,26,27,31)/b25-13+. The van der Waals surface area contributed by atoms with Crippen LogP contribution in [0.5, 0.6) is 0 Å². The van der Waals surface area contributed by atoms with E-state index in [9.17, 15) is 12.8 Å². The Morgan fingerprint density at radius 2 is 1.97 bits per heavy atom. The Kier molecular flexibility index (Phi) is 6.75. The summed E-state index contributed by atoms with van der Waals surface area (Å²) in [7, 11) is -3.53. The first-order valence-electron chi connectivity index (χ1n) is 10.0. The second-order valence-electron chi connectivity index (χ2n) is 7.37. The topological polar surface area (TPSA) is 89.6 Å². The highest BCUT2D eigenvalue weighted by Crippen LogP contribution is 2.25. The third-order valence-corrected chi connectivity index (χ3v) is 7.56. The van der Waals surface area contributed by atoms with Crippen molar-refractivity contribution in [2.45, 2.75) is 24.2 Å². The number of fused-ring (bicyclic) bond motifs is 1. The van der Waals surface area contributed by atoms with Gasteiger partial charge in [-0.25, -0.2) is 12.8 Å². The predicted octanol–water partition coefficient (Wildman–Crippen LogP) is 4.46. The molecule has 1 aliphatic rings. The molecule has 32 heavy (non-hydrogen) atoms. The van der Waals surface area contributed by atoms with E-state index in [1.165, 1.54) is 18.2 Å². The van der Waals surface area contributed by atoms with E-state index in [0.717, 1.165) is 30.2 Å². The minimum absolute atomic E-state index is 0.0181. The number of benzene rings is 2. The van der Waals surface area contributed by atoms with Crippen molar-refractivity contribution in [3.8, 4) is 0 Å². The molecule has 1 aliphatic heterocycles. The first-order valence-corrected chi connectivity index (χ1v) is 12.2. The average Bonchev–Trinajstić information content (AvgIpc) is 3.19. The molecule has 0 bridgehead atoms. The highest BCUT2D eigenvalue weighted by Gasteiger charge is 2.26. The maximum atomic E-state index is 13.3. The summed E-state index contributed by atoms with van der Waals surface area (Å²) in [6, 6.07) is 9.18. The molecule has 11 heteroatoms. The van der Waals surface area contributed by atoms with Crippen molar-refractivity contribution in [2.75, 3.05) is 18.4 Å². The van der Waals surface area contributed by atoms with E-state index in [-0.39, 0.29) is 15.0 Å². The minimum atomic E-state index is -3.53. The number of piperidine rings is 1. The lowest BCUT2D eigenvalue weighted by atomic mass is 10.2. The molecule has 0 saturated carbocycles. The van der Waals surface area contributed by atoms with Crippen molar-refractivity contribution in [1.29, 1.82) is 0 Å². The van der Waals surface area contributed by atoms with Gasteiger partial charge in [-0.2, -0.15) is 9.41 Å². The number of nitrogens with one attached hydrogen (secondary N) is 3. The predicted molar refractivity (Wildman–Crippen MR) is 129 cm³/mol. The molecule has 2 heterocycles. The molecule has 1 saturated heterocycles. The number of halogens is 2. The number of H-pyrrole nitrogens is 1. The molecule has 0 aliphatic carbocycles. The van der Waals surface area contributed by atoms with Crippen LogP contribution in [0.1, 0.15) is 24.8 Å². The SMILES string of the molecule is O=S(=O)(c1ccc2[nH]cc(/C=N/NC(=S)Nc3ccc(F)c(Cl)c3)c2c1)N1CCCCC1. The molecule has 2 aromatic carbocycles. The Labute approximate surface area is 195 Å². The largest absolute Gasteiger partial charge is 0.361 e. The first-order chi connectivity index (χ1) is 15.3. The maximum Gasteiger partial charge on any atom is 0.243 e. The fraction of sp³-hybridized carbons (Fsp3) is 0.238. The van der Waals surface area contributed by atoms with Gasteiger partial charge in [0.25, 0.3) is 0 Å². The van der Waals surface area contributed by atoms with Gasteiger partial charge in [0.2, 0.25) is 10.0 Å². The van der Waals surface area contributed by atoms with E-state index in [2.05, 4.69) is 20.8 Å². The van der Waals surface area contributed by atoms with Gasteiger partial charge in [0.15, 0.2) is 5.11 Å². The van der Waals surface area contributed by atoms with Crippen LogP contribution >= 0.6 is 23.8 Å². The average molecular weight is 494 g/mol. The molecular weight excluding hydrogens is 473 g/mol. The zero-order chi connectivity index (χ0) is 22.7.